The van der Waals surface area contributed by atoms with E-state index in [2.05, 4.69) is 0 Å². The van der Waals surface area contributed by atoms with Gasteiger partial charge in [0.15, 0.2) is 17.5 Å². The van der Waals surface area contributed by atoms with Crippen LogP contribution >= 0.6 is 11.6 Å². The Labute approximate surface area is 120 Å². The Kier molecular flexibility index (Phi) is 2.23. The second-order valence-electron chi connectivity index (χ2n) is 4.98. The number of Topliss-reactive ketones (excluding diaryl/α,β-unsaturated/α-hetero) is 2. The topological polar surface area (TPSA) is 46.7 Å². The van der Waals surface area contributed by atoms with Gasteiger partial charge in [-0.25, -0.2) is 0 Å². The summed E-state index contributed by atoms with van der Waals surface area (Å²) in [6.45, 7) is 0. The van der Waals surface area contributed by atoms with Crippen LogP contribution in [0.2, 0.25) is 5.02 Å². The summed E-state index contributed by atoms with van der Waals surface area (Å²) in [5.74, 6) is -0.282. The standard InChI is InChI=1S/C16H9ClO3/c17-10-7-5-9(6-8-10)16-14(19)12-4-2-1-3-11(12)13(18)15(16)20-16/h1-8,15H. The molecule has 1 saturated heterocycles. The van der Waals surface area contributed by atoms with E-state index in [1.54, 1.807) is 48.5 Å². The Morgan fingerprint density at radius 2 is 1.60 bits per heavy atom. The summed E-state index contributed by atoms with van der Waals surface area (Å²) in [6, 6.07) is 13.7. The molecule has 1 heterocycles. The Balaban J connectivity index is 1.89. The first-order chi connectivity index (χ1) is 9.64. The molecule has 1 aliphatic carbocycles. The van der Waals surface area contributed by atoms with Gasteiger partial charge >= 0.3 is 0 Å². The number of benzene rings is 2. The highest BCUT2D eigenvalue weighted by molar-refractivity contribution is 6.30. The van der Waals surface area contributed by atoms with Crippen molar-refractivity contribution in [1.82, 2.24) is 0 Å². The summed E-state index contributed by atoms with van der Waals surface area (Å²) in [7, 11) is 0. The third kappa shape index (κ3) is 1.34. The molecule has 98 valence electrons. The highest BCUT2D eigenvalue weighted by atomic mass is 35.5. The molecule has 2 unspecified atom stereocenters. The van der Waals surface area contributed by atoms with Gasteiger partial charge in [-0.3, -0.25) is 9.59 Å². The van der Waals surface area contributed by atoms with Crippen molar-refractivity contribution in [3.05, 3.63) is 70.2 Å². The van der Waals surface area contributed by atoms with Crippen LogP contribution in [-0.2, 0) is 10.3 Å². The van der Waals surface area contributed by atoms with Crippen LogP contribution in [0.3, 0.4) is 0 Å². The quantitative estimate of drug-likeness (QED) is 0.756. The molecule has 4 heteroatoms. The molecule has 0 spiro atoms. The zero-order chi connectivity index (χ0) is 13.9. The normalized spacial score (nSPS) is 26.9. The van der Waals surface area contributed by atoms with Crippen molar-refractivity contribution in [2.24, 2.45) is 0 Å². The molecular formula is C16H9ClO3. The van der Waals surface area contributed by atoms with Crippen molar-refractivity contribution < 1.29 is 14.3 Å². The van der Waals surface area contributed by atoms with Crippen LogP contribution in [0.25, 0.3) is 0 Å². The van der Waals surface area contributed by atoms with E-state index in [9.17, 15) is 9.59 Å². The number of fused-ring (bicyclic) bond motifs is 2. The first-order valence-electron chi connectivity index (χ1n) is 6.26. The van der Waals surface area contributed by atoms with Crippen LogP contribution in [0.4, 0.5) is 0 Å². The van der Waals surface area contributed by atoms with Crippen LogP contribution in [0.15, 0.2) is 48.5 Å². The van der Waals surface area contributed by atoms with Crippen molar-refractivity contribution in [3.63, 3.8) is 0 Å². The van der Waals surface area contributed by atoms with E-state index < -0.39 is 11.7 Å². The van der Waals surface area contributed by atoms with E-state index in [1.807, 2.05) is 0 Å². The van der Waals surface area contributed by atoms with Crippen molar-refractivity contribution in [2.45, 2.75) is 11.7 Å². The molecule has 0 bridgehead atoms. The third-order valence-corrected chi connectivity index (χ3v) is 4.15. The third-order valence-electron chi connectivity index (χ3n) is 3.90. The Morgan fingerprint density at radius 1 is 0.950 bits per heavy atom. The lowest BCUT2D eigenvalue weighted by molar-refractivity contribution is 0.0859. The smallest absolute Gasteiger partial charge is 0.203 e. The van der Waals surface area contributed by atoms with Gasteiger partial charge in [-0.05, 0) is 17.7 Å². The summed E-state index contributed by atoms with van der Waals surface area (Å²) >= 11 is 5.86. The maximum atomic E-state index is 12.7. The molecule has 0 radical (unpaired) electrons. The van der Waals surface area contributed by atoms with Crippen molar-refractivity contribution in [3.8, 4) is 0 Å². The van der Waals surface area contributed by atoms with Gasteiger partial charge in [-0.2, -0.15) is 0 Å². The number of carbonyl (C=O) groups is 2. The van der Waals surface area contributed by atoms with Crippen LogP contribution in [0.5, 0.6) is 0 Å². The molecule has 2 atom stereocenters. The highest BCUT2D eigenvalue weighted by Crippen LogP contribution is 2.53. The monoisotopic (exact) mass is 284 g/mol. The fraction of sp³-hybridized carbons (Fsp3) is 0.125. The van der Waals surface area contributed by atoms with E-state index in [-0.39, 0.29) is 11.6 Å². The fourth-order valence-electron chi connectivity index (χ4n) is 2.85. The van der Waals surface area contributed by atoms with Gasteiger partial charge in [0.1, 0.15) is 0 Å². The number of ketones is 2. The maximum Gasteiger partial charge on any atom is 0.203 e. The van der Waals surface area contributed by atoms with Crippen LogP contribution < -0.4 is 0 Å². The van der Waals surface area contributed by atoms with Crippen molar-refractivity contribution >= 4 is 23.2 Å². The molecule has 0 amide bonds. The molecule has 2 aromatic carbocycles. The van der Waals surface area contributed by atoms with E-state index in [4.69, 9.17) is 16.3 Å². The Bertz CT molecular complexity index is 751. The molecule has 0 N–H and O–H groups in total. The van der Waals surface area contributed by atoms with Gasteiger partial charge in [0.2, 0.25) is 5.78 Å². The predicted molar refractivity (Wildman–Crippen MR) is 73.1 cm³/mol. The lowest BCUT2D eigenvalue weighted by atomic mass is 9.78. The van der Waals surface area contributed by atoms with E-state index in [0.717, 1.165) is 0 Å². The van der Waals surface area contributed by atoms with Gasteiger partial charge in [0, 0.05) is 16.1 Å². The number of epoxide rings is 1. The Hall–Kier alpha value is -1.97. The number of hydrogen-bond donors (Lipinski definition) is 0. The van der Waals surface area contributed by atoms with E-state index >= 15 is 0 Å². The van der Waals surface area contributed by atoms with Gasteiger partial charge in [0.05, 0.1) is 0 Å². The SMILES string of the molecule is O=C1c2ccccc2C(=O)C2(c3ccc(Cl)cc3)OC12. The number of halogens is 1. The van der Waals surface area contributed by atoms with Gasteiger partial charge in [-0.1, -0.05) is 48.0 Å². The molecule has 2 aromatic rings. The van der Waals surface area contributed by atoms with Gasteiger partial charge in [-0.15, -0.1) is 0 Å². The summed E-state index contributed by atoms with van der Waals surface area (Å²) in [5, 5.41) is 0.581. The van der Waals surface area contributed by atoms with Crippen LogP contribution in [-0.4, -0.2) is 17.7 Å². The average molecular weight is 285 g/mol. The second-order valence-corrected chi connectivity index (χ2v) is 5.42. The number of carbonyl (C=O) groups excluding carboxylic acids is 2. The lowest BCUT2D eigenvalue weighted by Crippen LogP contribution is -2.34. The van der Waals surface area contributed by atoms with E-state index in [1.165, 1.54) is 0 Å². The van der Waals surface area contributed by atoms with Gasteiger partial charge < -0.3 is 4.74 Å². The number of hydrogen-bond acceptors (Lipinski definition) is 3. The van der Waals surface area contributed by atoms with E-state index in [0.29, 0.717) is 21.7 Å². The predicted octanol–water partition coefficient (Wildman–Crippen LogP) is 3.01. The minimum absolute atomic E-state index is 0.129. The Morgan fingerprint density at radius 3 is 2.30 bits per heavy atom. The fourth-order valence-corrected chi connectivity index (χ4v) is 2.97. The minimum Gasteiger partial charge on any atom is -0.343 e. The lowest BCUT2D eigenvalue weighted by Gasteiger charge is -2.18. The molecule has 20 heavy (non-hydrogen) atoms. The van der Waals surface area contributed by atoms with Crippen molar-refractivity contribution in [1.29, 1.82) is 0 Å². The summed E-state index contributed by atoms with van der Waals surface area (Å²) in [5.41, 5.74) is 0.418. The molecule has 2 aliphatic rings. The molecule has 4 rings (SSSR count). The summed E-state index contributed by atoms with van der Waals surface area (Å²) in [6.07, 6.45) is -0.703. The number of rotatable bonds is 1. The highest BCUT2D eigenvalue weighted by Gasteiger charge is 2.69. The van der Waals surface area contributed by atoms with Crippen LogP contribution in [0.1, 0.15) is 26.3 Å². The second kappa shape index (κ2) is 3.78. The van der Waals surface area contributed by atoms with Crippen LogP contribution in [0, 0.1) is 0 Å². The molecule has 3 nitrogen and oxygen atoms in total. The average Bonchev–Trinajstić information content (AvgIpc) is 3.23. The largest absolute Gasteiger partial charge is 0.343 e. The van der Waals surface area contributed by atoms with Gasteiger partial charge in [0.25, 0.3) is 0 Å². The summed E-state index contributed by atoms with van der Waals surface area (Å²) < 4.78 is 5.56. The maximum absolute atomic E-state index is 12.7. The zero-order valence-corrected chi connectivity index (χ0v) is 11.1. The molecule has 0 saturated carbocycles. The van der Waals surface area contributed by atoms with Crippen molar-refractivity contribution in [2.75, 3.05) is 0 Å². The first kappa shape index (κ1) is 11.8. The minimum atomic E-state index is -1.14. The zero-order valence-electron chi connectivity index (χ0n) is 10.3. The number of ether oxygens (including phenoxy) is 1. The first-order valence-corrected chi connectivity index (χ1v) is 6.64. The molecule has 1 aliphatic heterocycles. The molecule has 1 fully saturated rings. The summed E-state index contributed by atoms with van der Waals surface area (Å²) in [4.78, 5) is 25.0. The molecular weight excluding hydrogens is 276 g/mol. The molecule has 0 aromatic heterocycles.